The topological polar surface area (TPSA) is 62.3 Å². The molecule has 6 heteroatoms. The first-order valence-electron chi connectivity index (χ1n) is 6.64. The van der Waals surface area contributed by atoms with E-state index in [-0.39, 0.29) is 0 Å². The fourth-order valence-electron chi connectivity index (χ4n) is 2.34. The van der Waals surface area contributed by atoms with E-state index in [1.807, 2.05) is 18.2 Å². The lowest BCUT2D eigenvalue weighted by atomic mass is 10.1. The Balaban J connectivity index is 1.69. The van der Waals surface area contributed by atoms with Gasteiger partial charge in [0, 0.05) is 44.0 Å². The molecule has 2 heterocycles. The van der Waals surface area contributed by atoms with Crippen molar-refractivity contribution in [3.63, 3.8) is 0 Å². The van der Waals surface area contributed by atoms with Crippen molar-refractivity contribution in [2.45, 2.75) is 25.3 Å². The van der Waals surface area contributed by atoms with E-state index in [4.69, 9.17) is 0 Å². The lowest BCUT2D eigenvalue weighted by molar-refractivity contribution is 0.292. The van der Waals surface area contributed by atoms with E-state index in [0.717, 1.165) is 31.5 Å². The Morgan fingerprint density at radius 2 is 2.11 bits per heavy atom. The second-order valence-corrected chi connectivity index (χ2v) is 6.94. The Morgan fingerprint density at radius 3 is 2.68 bits per heavy atom. The molecular formula is C13H21N3O2S. The maximum absolute atomic E-state index is 11.4. The van der Waals surface area contributed by atoms with Crippen LogP contribution in [0.3, 0.4) is 0 Å². The molecule has 1 fully saturated rings. The van der Waals surface area contributed by atoms with Gasteiger partial charge in [0.1, 0.15) is 0 Å². The summed E-state index contributed by atoms with van der Waals surface area (Å²) in [6.45, 7) is 2.14. The molecule has 1 aromatic rings. The molecular weight excluding hydrogens is 262 g/mol. The summed E-state index contributed by atoms with van der Waals surface area (Å²) in [6, 6.07) is 6.35. The van der Waals surface area contributed by atoms with Gasteiger partial charge in [0.15, 0.2) is 0 Å². The van der Waals surface area contributed by atoms with Gasteiger partial charge in [-0.3, -0.25) is 4.98 Å². The maximum Gasteiger partial charge on any atom is 0.211 e. The first kappa shape index (κ1) is 14.4. The van der Waals surface area contributed by atoms with Crippen LogP contribution in [0.4, 0.5) is 0 Å². The van der Waals surface area contributed by atoms with Crippen molar-refractivity contribution in [2.24, 2.45) is 0 Å². The van der Waals surface area contributed by atoms with Crippen LogP contribution in [0.25, 0.3) is 0 Å². The van der Waals surface area contributed by atoms with Crippen molar-refractivity contribution >= 4 is 10.0 Å². The van der Waals surface area contributed by atoms with E-state index in [9.17, 15) is 8.42 Å². The summed E-state index contributed by atoms with van der Waals surface area (Å²) in [5.74, 6) is 0. The van der Waals surface area contributed by atoms with Gasteiger partial charge in [0.25, 0.3) is 0 Å². The summed E-state index contributed by atoms with van der Waals surface area (Å²) in [7, 11) is -3.02. The number of pyridine rings is 1. The van der Waals surface area contributed by atoms with Crippen LogP contribution in [-0.4, -0.2) is 49.6 Å². The lowest BCUT2D eigenvalue weighted by Crippen LogP contribution is -2.44. The number of rotatable bonds is 5. The molecule has 0 atom stereocenters. The summed E-state index contributed by atoms with van der Waals surface area (Å²) in [6.07, 6.45) is 5.76. The number of nitrogens with zero attached hydrogens (tertiary/aromatic N) is 2. The van der Waals surface area contributed by atoms with Gasteiger partial charge >= 0.3 is 0 Å². The highest BCUT2D eigenvalue weighted by Gasteiger charge is 2.24. The molecule has 0 bridgehead atoms. The van der Waals surface area contributed by atoms with Crippen molar-refractivity contribution in [3.8, 4) is 0 Å². The average molecular weight is 283 g/mol. The van der Waals surface area contributed by atoms with Gasteiger partial charge < -0.3 is 5.32 Å². The highest BCUT2D eigenvalue weighted by Crippen LogP contribution is 2.13. The number of aromatic nitrogens is 1. The predicted molar refractivity (Wildman–Crippen MR) is 75.4 cm³/mol. The third-order valence-corrected chi connectivity index (χ3v) is 4.77. The molecule has 1 aliphatic rings. The smallest absolute Gasteiger partial charge is 0.211 e. The summed E-state index contributed by atoms with van der Waals surface area (Å²) in [5.41, 5.74) is 1.09. The normalized spacial score (nSPS) is 18.6. The van der Waals surface area contributed by atoms with E-state index < -0.39 is 10.0 Å². The Bertz CT molecular complexity index is 482. The molecule has 1 saturated heterocycles. The van der Waals surface area contributed by atoms with Gasteiger partial charge in [-0.1, -0.05) is 6.07 Å². The Labute approximate surface area is 115 Å². The van der Waals surface area contributed by atoms with Crippen LogP contribution in [0, 0.1) is 0 Å². The fraction of sp³-hybridized carbons (Fsp3) is 0.615. The Morgan fingerprint density at radius 1 is 1.37 bits per heavy atom. The van der Waals surface area contributed by atoms with Crippen LogP contribution in [0.1, 0.15) is 18.5 Å². The van der Waals surface area contributed by atoms with Gasteiger partial charge in [0.2, 0.25) is 10.0 Å². The third-order valence-electron chi connectivity index (χ3n) is 3.46. The van der Waals surface area contributed by atoms with Crippen molar-refractivity contribution in [1.82, 2.24) is 14.6 Å². The number of sulfonamides is 1. The molecule has 0 unspecified atom stereocenters. The average Bonchev–Trinajstić information content (AvgIpc) is 2.39. The molecule has 0 aromatic carbocycles. The van der Waals surface area contributed by atoms with Crippen LogP contribution < -0.4 is 5.32 Å². The van der Waals surface area contributed by atoms with Gasteiger partial charge in [-0.05, 0) is 25.0 Å². The number of hydrogen-bond donors (Lipinski definition) is 1. The summed E-state index contributed by atoms with van der Waals surface area (Å²) in [5, 5.41) is 3.48. The first-order valence-corrected chi connectivity index (χ1v) is 8.49. The second kappa shape index (κ2) is 6.45. The van der Waals surface area contributed by atoms with Gasteiger partial charge in [-0.25, -0.2) is 12.7 Å². The SMILES string of the molecule is CS(=O)(=O)N1CCC(NCCc2ccccn2)CC1. The minimum Gasteiger partial charge on any atom is -0.313 e. The number of hydrogen-bond acceptors (Lipinski definition) is 4. The van der Waals surface area contributed by atoms with E-state index in [2.05, 4.69) is 10.3 Å². The van der Waals surface area contributed by atoms with Gasteiger partial charge in [0.05, 0.1) is 6.26 Å². The maximum atomic E-state index is 11.4. The minimum atomic E-state index is -3.02. The van der Waals surface area contributed by atoms with Crippen LogP contribution in [-0.2, 0) is 16.4 Å². The van der Waals surface area contributed by atoms with Crippen molar-refractivity contribution in [3.05, 3.63) is 30.1 Å². The molecule has 1 aliphatic heterocycles. The zero-order valence-electron chi connectivity index (χ0n) is 11.2. The third kappa shape index (κ3) is 4.56. The van der Waals surface area contributed by atoms with Crippen LogP contribution >= 0.6 is 0 Å². The van der Waals surface area contributed by atoms with Crippen molar-refractivity contribution in [2.75, 3.05) is 25.9 Å². The molecule has 19 heavy (non-hydrogen) atoms. The van der Waals surface area contributed by atoms with E-state index in [1.165, 1.54) is 6.26 Å². The second-order valence-electron chi connectivity index (χ2n) is 4.96. The molecule has 0 saturated carbocycles. The summed E-state index contributed by atoms with van der Waals surface area (Å²) >= 11 is 0. The molecule has 0 aliphatic carbocycles. The Kier molecular flexibility index (Phi) is 4.90. The molecule has 2 rings (SSSR count). The first-order chi connectivity index (χ1) is 9.05. The predicted octanol–water partition coefficient (Wildman–Crippen LogP) is 0.638. The quantitative estimate of drug-likeness (QED) is 0.861. The minimum absolute atomic E-state index is 0.418. The zero-order chi connectivity index (χ0) is 13.7. The largest absolute Gasteiger partial charge is 0.313 e. The lowest BCUT2D eigenvalue weighted by Gasteiger charge is -2.30. The van der Waals surface area contributed by atoms with Gasteiger partial charge in [-0.15, -0.1) is 0 Å². The Hall–Kier alpha value is -0.980. The summed E-state index contributed by atoms with van der Waals surface area (Å²) in [4.78, 5) is 4.28. The molecule has 5 nitrogen and oxygen atoms in total. The monoisotopic (exact) mass is 283 g/mol. The molecule has 0 radical (unpaired) electrons. The van der Waals surface area contributed by atoms with E-state index >= 15 is 0 Å². The van der Waals surface area contributed by atoms with Crippen LogP contribution in [0.2, 0.25) is 0 Å². The van der Waals surface area contributed by atoms with Crippen molar-refractivity contribution < 1.29 is 8.42 Å². The highest BCUT2D eigenvalue weighted by molar-refractivity contribution is 7.88. The van der Waals surface area contributed by atoms with Crippen molar-refractivity contribution in [1.29, 1.82) is 0 Å². The number of nitrogens with one attached hydrogen (secondary N) is 1. The summed E-state index contributed by atoms with van der Waals surface area (Å²) < 4.78 is 24.3. The highest BCUT2D eigenvalue weighted by atomic mass is 32.2. The molecule has 1 aromatic heterocycles. The van der Waals surface area contributed by atoms with Gasteiger partial charge in [-0.2, -0.15) is 0 Å². The number of piperidine rings is 1. The molecule has 106 valence electrons. The fourth-order valence-corrected chi connectivity index (χ4v) is 3.22. The standard InChI is InChI=1S/C13H21N3O2S/c1-19(17,18)16-10-6-13(7-11-16)15-9-5-12-4-2-3-8-14-12/h2-4,8,13,15H,5-7,9-11H2,1H3. The van der Waals surface area contributed by atoms with E-state index in [1.54, 1.807) is 10.5 Å². The molecule has 0 spiro atoms. The molecule has 0 amide bonds. The van der Waals surface area contributed by atoms with Crippen LogP contribution in [0.15, 0.2) is 24.4 Å². The van der Waals surface area contributed by atoms with Crippen LogP contribution in [0.5, 0.6) is 0 Å². The molecule has 1 N–H and O–H groups in total. The van der Waals surface area contributed by atoms with E-state index in [0.29, 0.717) is 19.1 Å². The zero-order valence-corrected chi connectivity index (χ0v) is 12.1.